The van der Waals surface area contributed by atoms with Crippen LogP contribution in [0.2, 0.25) is 0 Å². The fraction of sp³-hybridized carbons (Fsp3) is 0.450. The van der Waals surface area contributed by atoms with Crippen LogP contribution in [0.25, 0.3) is 0 Å². The summed E-state index contributed by atoms with van der Waals surface area (Å²) in [6.07, 6.45) is -1.15. The monoisotopic (exact) mass is 403 g/mol. The molecule has 9 heteroatoms. The number of esters is 1. The minimum Gasteiger partial charge on any atom is -0.450 e. The molecule has 5 amide bonds. The predicted molar refractivity (Wildman–Crippen MR) is 103 cm³/mol. The van der Waals surface area contributed by atoms with Gasteiger partial charge in [0.1, 0.15) is 6.04 Å². The van der Waals surface area contributed by atoms with Crippen molar-refractivity contribution in [3.05, 3.63) is 35.4 Å². The van der Waals surface area contributed by atoms with Crippen LogP contribution in [0, 0.1) is 11.8 Å². The zero-order chi connectivity index (χ0) is 21.9. The van der Waals surface area contributed by atoms with Gasteiger partial charge in [-0.15, -0.1) is 0 Å². The highest BCUT2D eigenvalue weighted by atomic mass is 16.6. The molecular weight excluding hydrogens is 378 g/mol. The van der Waals surface area contributed by atoms with Crippen molar-refractivity contribution in [2.24, 2.45) is 17.6 Å². The van der Waals surface area contributed by atoms with Crippen LogP contribution in [-0.4, -0.2) is 46.8 Å². The highest BCUT2D eigenvalue weighted by molar-refractivity contribution is 6.22. The SMILES string of the molecule is CC(C)C[C@@H](C(=O)O[C@@H](C(=O)NC(N)=O)C(C)C)N1C(=O)c2ccccc2C1=O. The maximum Gasteiger partial charge on any atom is 0.330 e. The Morgan fingerprint density at radius 3 is 1.97 bits per heavy atom. The van der Waals surface area contributed by atoms with E-state index in [0.717, 1.165) is 4.90 Å². The number of primary amides is 1. The highest BCUT2D eigenvalue weighted by Gasteiger charge is 2.44. The fourth-order valence-corrected chi connectivity index (χ4v) is 3.13. The average molecular weight is 403 g/mol. The van der Waals surface area contributed by atoms with Crippen LogP contribution < -0.4 is 11.1 Å². The van der Waals surface area contributed by atoms with Gasteiger partial charge < -0.3 is 10.5 Å². The fourth-order valence-electron chi connectivity index (χ4n) is 3.13. The van der Waals surface area contributed by atoms with Gasteiger partial charge in [-0.1, -0.05) is 39.8 Å². The predicted octanol–water partition coefficient (Wildman–Crippen LogP) is 1.46. The summed E-state index contributed by atoms with van der Waals surface area (Å²) >= 11 is 0. The molecular formula is C20H25N3O6. The molecule has 1 aliphatic rings. The minimum absolute atomic E-state index is 0.0474. The number of rotatable bonds is 7. The topological polar surface area (TPSA) is 136 Å². The van der Waals surface area contributed by atoms with Gasteiger partial charge in [0.25, 0.3) is 17.7 Å². The second kappa shape index (κ2) is 8.85. The molecule has 0 saturated heterocycles. The quantitative estimate of drug-likeness (QED) is 0.522. The van der Waals surface area contributed by atoms with E-state index in [2.05, 4.69) is 0 Å². The van der Waals surface area contributed by atoms with Crippen LogP contribution in [0.15, 0.2) is 24.3 Å². The van der Waals surface area contributed by atoms with Crippen LogP contribution >= 0.6 is 0 Å². The summed E-state index contributed by atoms with van der Waals surface area (Å²) in [5.74, 6) is -3.46. The number of fused-ring (bicyclic) bond motifs is 1. The molecule has 1 heterocycles. The van der Waals surface area contributed by atoms with Gasteiger partial charge in [0.05, 0.1) is 11.1 Å². The number of nitrogens with one attached hydrogen (secondary N) is 1. The highest BCUT2D eigenvalue weighted by Crippen LogP contribution is 2.28. The standard InChI is InChI=1S/C20H25N3O6/c1-10(2)9-14(19(27)29-15(11(3)4)16(24)22-20(21)28)23-17(25)12-7-5-6-8-13(12)18(23)26/h5-8,10-11,14-15H,9H2,1-4H3,(H3,21,22,24,28)/t14-,15+/m0/s1. The summed E-state index contributed by atoms with van der Waals surface area (Å²) < 4.78 is 5.34. The number of nitrogens with two attached hydrogens (primary N) is 1. The smallest absolute Gasteiger partial charge is 0.330 e. The lowest BCUT2D eigenvalue weighted by atomic mass is 10.0. The Morgan fingerprint density at radius 1 is 1.03 bits per heavy atom. The van der Waals surface area contributed by atoms with Crippen molar-refractivity contribution in [2.75, 3.05) is 0 Å². The molecule has 9 nitrogen and oxygen atoms in total. The average Bonchev–Trinajstić information content (AvgIpc) is 2.87. The van der Waals surface area contributed by atoms with Crippen LogP contribution in [0.1, 0.15) is 54.8 Å². The first-order valence-corrected chi connectivity index (χ1v) is 9.32. The first-order chi connectivity index (χ1) is 13.5. The van der Waals surface area contributed by atoms with Gasteiger partial charge >= 0.3 is 12.0 Å². The van der Waals surface area contributed by atoms with Gasteiger partial charge in [-0.25, -0.2) is 9.59 Å². The largest absolute Gasteiger partial charge is 0.450 e. The lowest BCUT2D eigenvalue weighted by Gasteiger charge is -2.28. The summed E-state index contributed by atoms with van der Waals surface area (Å²) in [5.41, 5.74) is 5.39. The molecule has 3 N–H and O–H groups in total. The Kier molecular flexibility index (Phi) is 6.73. The van der Waals surface area contributed by atoms with Crippen LogP contribution in [0.4, 0.5) is 4.79 Å². The van der Waals surface area contributed by atoms with Crippen LogP contribution in [0.5, 0.6) is 0 Å². The van der Waals surface area contributed by atoms with Crippen molar-refractivity contribution >= 4 is 29.7 Å². The Bertz CT molecular complexity index is 813. The molecule has 156 valence electrons. The summed E-state index contributed by atoms with van der Waals surface area (Å²) in [6, 6.07) is 4.02. The molecule has 0 spiro atoms. The molecule has 0 aliphatic carbocycles. The lowest BCUT2D eigenvalue weighted by molar-refractivity contribution is -0.162. The van der Waals surface area contributed by atoms with Crippen molar-refractivity contribution in [1.29, 1.82) is 0 Å². The van der Waals surface area contributed by atoms with E-state index in [1.165, 1.54) is 12.1 Å². The van der Waals surface area contributed by atoms with Crippen molar-refractivity contribution < 1.29 is 28.7 Å². The third-order valence-corrected chi connectivity index (χ3v) is 4.46. The number of carbonyl (C=O) groups is 5. The van der Waals surface area contributed by atoms with Crippen LogP contribution in [0.3, 0.4) is 0 Å². The molecule has 0 bridgehead atoms. The zero-order valence-electron chi connectivity index (χ0n) is 16.8. The van der Waals surface area contributed by atoms with E-state index in [9.17, 15) is 24.0 Å². The lowest BCUT2D eigenvalue weighted by Crippen LogP contribution is -2.50. The zero-order valence-corrected chi connectivity index (χ0v) is 16.8. The molecule has 1 aromatic rings. The number of urea groups is 1. The van der Waals surface area contributed by atoms with Gasteiger partial charge in [0, 0.05) is 0 Å². The third kappa shape index (κ3) is 4.79. The third-order valence-electron chi connectivity index (χ3n) is 4.46. The Morgan fingerprint density at radius 2 is 1.55 bits per heavy atom. The second-order valence-corrected chi connectivity index (χ2v) is 7.63. The molecule has 0 radical (unpaired) electrons. The summed E-state index contributed by atoms with van der Waals surface area (Å²) in [4.78, 5) is 62.6. The van der Waals surface area contributed by atoms with Crippen molar-refractivity contribution in [3.8, 4) is 0 Å². The van der Waals surface area contributed by atoms with E-state index in [0.29, 0.717) is 0 Å². The molecule has 0 aromatic heterocycles. The summed E-state index contributed by atoms with van der Waals surface area (Å²) in [7, 11) is 0. The number of nitrogens with zero attached hydrogens (tertiary/aromatic N) is 1. The Balaban J connectivity index is 2.31. The number of carbonyl (C=O) groups excluding carboxylic acids is 5. The van der Waals surface area contributed by atoms with Crippen molar-refractivity contribution in [3.63, 3.8) is 0 Å². The van der Waals surface area contributed by atoms with E-state index in [-0.39, 0.29) is 23.5 Å². The number of imide groups is 2. The summed E-state index contributed by atoms with van der Waals surface area (Å²) in [6.45, 7) is 6.91. The molecule has 0 fully saturated rings. The maximum absolute atomic E-state index is 12.9. The van der Waals surface area contributed by atoms with Gasteiger partial charge in [-0.2, -0.15) is 0 Å². The number of hydrogen-bond acceptors (Lipinski definition) is 6. The molecule has 2 atom stereocenters. The maximum atomic E-state index is 12.9. The van der Waals surface area contributed by atoms with E-state index >= 15 is 0 Å². The Hall–Kier alpha value is -3.23. The van der Waals surface area contributed by atoms with Gasteiger partial charge in [-0.05, 0) is 30.4 Å². The minimum atomic E-state index is -1.31. The number of hydrogen-bond donors (Lipinski definition) is 2. The van der Waals surface area contributed by atoms with Crippen molar-refractivity contribution in [2.45, 2.75) is 46.3 Å². The molecule has 2 rings (SSSR count). The number of benzene rings is 1. The second-order valence-electron chi connectivity index (χ2n) is 7.63. The van der Waals surface area contributed by atoms with Gasteiger partial charge in [-0.3, -0.25) is 24.6 Å². The molecule has 0 unspecified atom stereocenters. The first-order valence-electron chi connectivity index (χ1n) is 9.32. The van der Waals surface area contributed by atoms with Gasteiger partial charge in [0.15, 0.2) is 6.10 Å². The molecule has 29 heavy (non-hydrogen) atoms. The normalized spacial score (nSPS) is 15.3. The molecule has 1 aliphatic heterocycles. The van der Waals surface area contributed by atoms with E-state index in [4.69, 9.17) is 10.5 Å². The van der Waals surface area contributed by atoms with E-state index < -0.39 is 47.8 Å². The van der Waals surface area contributed by atoms with E-state index in [1.54, 1.807) is 26.0 Å². The van der Waals surface area contributed by atoms with Crippen LogP contribution in [-0.2, 0) is 14.3 Å². The molecule has 0 saturated carbocycles. The van der Waals surface area contributed by atoms with Crippen molar-refractivity contribution in [1.82, 2.24) is 10.2 Å². The molecule has 1 aromatic carbocycles. The summed E-state index contributed by atoms with van der Waals surface area (Å²) in [5, 5.41) is 1.89. The first kappa shape index (κ1) is 22.1. The number of amides is 5. The van der Waals surface area contributed by atoms with E-state index in [1.807, 2.05) is 19.2 Å². The Labute approximate surface area is 168 Å². The van der Waals surface area contributed by atoms with Gasteiger partial charge in [0.2, 0.25) is 0 Å². The number of ether oxygens (including phenoxy) is 1.